The molecule has 2 nitrogen and oxygen atoms in total. The third-order valence-corrected chi connectivity index (χ3v) is 3.54. The summed E-state index contributed by atoms with van der Waals surface area (Å²) in [5.74, 6) is -0.536. The largest absolute Gasteiger partial charge is 0.481 e. The van der Waals surface area contributed by atoms with Crippen LogP contribution in [0.5, 0.6) is 0 Å². The minimum absolute atomic E-state index is 0.167. The van der Waals surface area contributed by atoms with Crippen molar-refractivity contribution in [2.75, 3.05) is 0 Å². The smallest absolute Gasteiger partial charge is 0.303 e. The van der Waals surface area contributed by atoms with Crippen molar-refractivity contribution in [3.05, 3.63) is 59.7 Å². The van der Waals surface area contributed by atoms with E-state index in [1.807, 2.05) is 18.2 Å². The Morgan fingerprint density at radius 2 is 2.11 bits per heavy atom. The molecule has 0 aliphatic heterocycles. The summed E-state index contributed by atoms with van der Waals surface area (Å²) in [5, 5.41) is 9.01. The van der Waals surface area contributed by atoms with Crippen LogP contribution in [0.25, 0.3) is 0 Å². The molecule has 19 heavy (non-hydrogen) atoms. The molecule has 0 aromatic heterocycles. The van der Waals surface area contributed by atoms with Crippen LogP contribution < -0.4 is 0 Å². The summed E-state index contributed by atoms with van der Waals surface area (Å²) < 4.78 is 0. The number of aliphatic carboxylic acids is 1. The topological polar surface area (TPSA) is 37.3 Å². The van der Waals surface area contributed by atoms with Gasteiger partial charge < -0.3 is 5.11 Å². The molecule has 1 aromatic rings. The second-order valence-electron chi connectivity index (χ2n) is 5.02. The number of allylic oxidation sites excluding steroid dienone is 4. The van der Waals surface area contributed by atoms with E-state index in [-0.39, 0.29) is 12.3 Å². The second kappa shape index (κ2) is 6.93. The number of hydrogen-bond acceptors (Lipinski definition) is 1. The van der Waals surface area contributed by atoms with Crippen molar-refractivity contribution < 1.29 is 9.90 Å². The highest BCUT2D eigenvalue weighted by Gasteiger charge is 2.17. The highest BCUT2D eigenvalue weighted by molar-refractivity contribution is 5.67. The van der Waals surface area contributed by atoms with E-state index in [9.17, 15) is 4.79 Å². The Morgan fingerprint density at radius 3 is 2.84 bits per heavy atom. The molecule has 0 bridgehead atoms. The lowest BCUT2D eigenvalue weighted by Gasteiger charge is -2.14. The summed E-state index contributed by atoms with van der Waals surface area (Å²) in [6.07, 6.45) is 10.7. The molecule has 100 valence electrons. The van der Waals surface area contributed by atoms with Crippen LogP contribution in [-0.2, 0) is 11.2 Å². The van der Waals surface area contributed by atoms with Crippen LogP contribution in [0.4, 0.5) is 0 Å². The SMILES string of the molecule is O=C(O)CC1CCCC=CC1=CCc1ccccc1. The quantitative estimate of drug-likeness (QED) is 0.884. The van der Waals surface area contributed by atoms with E-state index in [1.165, 1.54) is 11.1 Å². The Kier molecular flexibility index (Phi) is 4.96. The number of carboxylic acids is 1. The molecule has 1 aromatic carbocycles. The van der Waals surface area contributed by atoms with Crippen molar-refractivity contribution in [2.24, 2.45) is 5.92 Å². The first-order valence-corrected chi connectivity index (χ1v) is 6.88. The highest BCUT2D eigenvalue weighted by atomic mass is 16.4. The third kappa shape index (κ3) is 4.40. The van der Waals surface area contributed by atoms with E-state index in [2.05, 4.69) is 30.4 Å². The predicted octanol–water partition coefficient (Wildman–Crippen LogP) is 3.99. The second-order valence-corrected chi connectivity index (χ2v) is 5.02. The Morgan fingerprint density at radius 1 is 1.32 bits per heavy atom. The van der Waals surface area contributed by atoms with E-state index in [0.29, 0.717) is 0 Å². The van der Waals surface area contributed by atoms with Gasteiger partial charge in [0.2, 0.25) is 0 Å². The fraction of sp³-hybridized carbons (Fsp3) is 0.353. The average molecular weight is 256 g/mol. The molecule has 1 N–H and O–H groups in total. The molecule has 0 radical (unpaired) electrons. The molecular formula is C17H20O2. The Balaban J connectivity index is 2.10. The first-order chi connectivity index (χ1) is 9.25. The summed E-state index contributed by atoms with van der Waals surface area (Å²) in [6, 6.07) is 10.3. The molecule has 1 aliphatic carbocycles. The maximum atomic E-state index is 10.9. The lowest BCUT2D eigenvalue weighted by atomic mass is 9.91. The maximum Gasteiger partial charge on any atom is 0.303 e. The van der Waals surface area contributed by atoms with Gasteiger partial charge in [0, 0.05) is 0 Å². The van der Waals surface area contributed by atoms with Gasteiger partial charge in [-0.05, 0) is 42.7 Å². The first-order valence-electron chi connectivity index (χ1n) is 6.88. The summed E-state index contributed by atoms with van der Waals surface area (Å²) in [4.78, 5) is 10.9. The zero-order chi connectivity index (χ0) is 13.5. The number of benzene rings is 1. The minimum atomic E-state index is -0.703. The van der Waals surface area contributed by atoms with Crippen molar-refractivity contribution in [3.63, 3.8) is 0 Å². The lowest BCUT2D eigenvalue weighted by Crippen LogP contribution is -2.09. The molecule has 2 rings (SSSR count). The van der Waals surface area contributed by atoms with Gasteiger partial charge >= 0.3 is 5.97 Å². The van der Waals surface area contributed by atoms with Gasteiger partial charge in [0.25, 0.3) is 0 Å². The number of carboxylic acid groups (broad SMARTS) is 1. The summed E-state index contributed by atoms with van der Waals surface area (Å²) in [7, 11) is 0. The fourth-order valence-electron chi connectivity index (χ4n) is 2.52. The van der Waals surface area contributed by atoms with E-state index in [0.717, 1.165) is 25.7 Å². The zero-order valence-corrected chi connectivity index (χ0v) is 11.1. The molecule has 1 aliphatic rings. The van der Waals surface area contributed by atoms with E-state index >= 15 is 0 Å². The number of rotatable bonds is 4. The molecule has 0 saturated heterocycles. The maximum absolute atomic E-state index is 10.9. The van der Waals surface area contributed by atoms with Crippen molar-refractivity contribution >= 4 is 5.97 Å². The number of hydrogen-bond donors (Lipinski definition) is 1. The van der Waals surface area contributed by atoms with Gasteiger partial charge in [0.15, 0.2) is 0 Å². The van der Waals surface area contributed by atoms with Crippen molar-refractivity contribution in [1.82, 2.24) is 0 Å². The van der Waals surface area contributed by atoms with Crippen LogP contribution in [-0.4, -0.2) is 11.1 Å². The Labute approximate surface area is 114 Å². The molecule has 2 heteroatoms. The molecule has 0 spiro atoms. The monoisotopic (exact) mass is 256 g/mol. The molecule has 0 fully saturated rings. The lowest BCUT2D eigenvalue weighted by molar-refractivity contribution is -0.137. The summed E-state index contributed by atoms with van der Waals surface area (Å²) in [6.45, 7) is 0. The number of carbonyl (C=O) groups is 1. The van der Waals surface area contributed by atoms with Crippen molar-refractivity contribution in [1.29, 1.82) is 0 Å². The van der Waals surface area contributed by atoms with Gasteiger partial charge in [-0.1, -0.05) is 48.6 Å². The third-order valence-electron chi connectivity index (χ3n) is 3.54. The van der Waals surface area contributed by atoms with Crippen molar-refractivity contribution in [3.8, 4) is 0 Å². The van der Waals surface area contributed by atoms with Gasteiger partial charge in [-0.25, -0.2) is 0 Å². The van der Waals surface area contributed by atoms with Crippen LogP contribution in [0.1, 0.15) is 31.2 Å². The van der Waals surface area contributed by atoms with Gasteiger partial charge in [0.1, 0.15) is 0 Å². The summed E-state index contributed by atoms with van der Waals surface area (Å²) >= 11 is 0. The van der Waals surface area contributed by atoms with E-state index in [1.54, 1.807) is 0 Å². The van der Waals surface area contributed by atoms with E-state index < -0.39 is 5.97 Å². The van der Waals surface area contributed by atoms with Crippen LogP contribution >= 0.6 is 0 Å². The molecule has 1 atom stereocenters. The highest BCUT2D eigenvalue weighted by Crippen LogP contribution is 2.27. The van der Waals surface area contributed by atoms with Crippen LogP contribution in [0, 0.1) is 5.92 Å². The van der Waals surface area contributed by atoms with Gasteiger partial charge in [0.05, 0.1) is 6.42 Å². The van der Waals surface area contributed by atoms with E-state index in [4.69, 9.17) is 5.11 Å². The Hall–Kier alpha value is -1.83. The standard InChI is InChI=1S/C17H20O2/c18-17(19)13-16-10-6-2-5-9-15(16)12-11-14-7-3-1-4-8-14/h1,3-5,7-9,12,16H,2,6,10-11,13H2,(H,18,19). The average Bonchev–Trinajstić information content (AvgIpc) is 2.62. The minimum Gasteiger partial charge on any atom is -0.481 e. The first kappa shape index (κ1) is 13.6. The van der Waals surface area contributed by atoms with Gasteiger partial charge in [-0.2, -0.15) is 0 Å². The van der Waals surface area contributed by atoms with Gasteiger partial charge in [-0.15, -0.1) is 0 Å². The fourth-order valence-corrected chi connectivity index (χ4v) is 2.52. The van der Waals surface area contributed by atoms with Crippen LogP contribution in [0.3, 0.4) is 0 Å². The predicted molar refractivity (Wildman–Crippen MR) is 77.0 cm³/mol. The van der Waals surface area contributed by atoms with Crippen LogP contribution in [0.2, 0.25) is 0 Å². The molecule has 0 amide bonds. The molecule has 1 unspecified atom stereocenters. The normalized spacial score (nSPS) is 21.3. The van der Waals surface area contributed by atoms with Gasteiger partial charge in [-0.3, -0.25) is 4.79 Å². The zero-order valence-electron chi connectivity index (χ0n) is 11.1. The molecular weight excluding hydrogens is 236 g/mol. The van der Waals surface area contributed by atoms with Crippen LogP contribution in [0.15, 0.2) is 54.1 Å². The molecule has 0 saturated carbocycles. The summed E-state index contributed by atoms with van der Waals surface area (Å²) in [5.41, 5.74) is 2.45. The molecule has 0 heterocycles. The van der Waals surface area contributed by atoms with Crippen molar-refractivity contribution in [2.45, 2.75) is 32.1 Å². The Bertz CT molecular complexity index is 471.